The molecule has 0 bridgehead atoms. The molecular weight excluding hydrogens is 312 g/mol. The van der Waals surface area contributed by atoms with Crippen molar-refractivity contribution >= 4 is 6.08 Å². The molecule has 25 heavy (non-hydrogen) atoms. The van der Waals surface area contributed by atoms with Gasteiger partial charge in [0.15, 0.2) is 11.5 Å². The Balaban J connectivity index is 2.05. The zero-order valence-electron chi connectivity index (χ0n) is 15.6. The van der Waals surface area contributed by atoms with Gasteiger partial charge in [-0.15, -0.1) is 0 Å². The van der Waals surface area contributed by atoms with Crippen LogP contribution < -0.4 is 9.47 Å². The van der Waals surface area contributed by atoms with E-state index in [1.54, 1.807) is 20.3 Å². The van der Waals surface area contributed by atoms with Gasteiger partial charge in [0.1, 0.15) is 5.75 Å². The van der Waals surface area contributed by atoms with E-state index in [9.17, 15) is 5.11 Å². The van der Waals surface area contributed by atoms with Gasteiger partial charge < -0.3 is 14.6 Å². The van der Waals surface area contributed by atoms with Crippen molar-refractivity contribution in [3.05, 3.63) is 59.7 Å². The lowest BCUT2D eigenvalue weighted by Gasteiger charge is -2.21. The van der Waals surface area contributed by atoms with Crippen LogP contribution in [0.3, 0.4) is 0 Å². The standard InChI is InChI=1S/C22H28O3/c1-6-19-9-7-17(13-21(19)24-4)11-15(2)16(3)12-18-8-10-20(23)22(14-18)25-5/h6-10,13-16,23H,1,11-12H2,2-5H3. The maximum Gasteiger partial charge on any atom is 0.160 e. The predicted molar refractivity (Wildman–Crippen MR) is 103 cm³/mol. The highest BCUT2D eigenvalue weighted by molar-refractivity contribution is 5.56. The van der Waals surface area contributed by atoms with Crippen LogP contribution in [0.25, 0.3) is 6.08 Å². The fraction of sp³-hybridized carbons (Fsp3) is 0.364. The molecule has 0 heterocycles. The van der Waals surface area contributed by atoms with Gasteiger partial charge in [0.05, 0.1) is 14.2 Å². The number of rotatable bonds is 8. The summed E-state index contributed by atoms with van der Waals surface area (Å²) in [7, 11) is 3.27. The lowest BCUT2D eigenvalue weighted by molar-refractivity contribution is 0.367. The molecule has 2 aromatic carbocycles. The average Bonchev–Trinajstić information content (AvgIpc) is 2.62. The maximum atomic E-state index is 9.72. The lowest BCUT2D eigenvalue weighted by atomic mass is 9.85. The second kappa shape index (κ2) is 8.61. The van der Waals surface area contributed by atoms with Crippen molar-refractivity contribution in [2.45, 2.75) is 26.7 Å². The van der Waals surface area contributed by atoms with E-state index in [2.05, 4.69) is 38.6 Å². The van der Waals surface area contributed by atoms with Gasteiger partial charge in [-0.3, -0.25) is 0 Å². The Kier molecular flexibility index (Phi) is 6.51. The average molecular weight is 340 g/mol. The number of hydrogen-bond donors (Lipinski definition) is 1. The third-order valence-electron chi connectivity index (χ3n) is 4.85. The van der Waals surface area contributed by atoms with Crippen molar-refractivity contribution in [3.63, 3.8) is 0 Å². The van der Waals surface area contributed by atoms with Crippen LogP contribution >= 0.6 is 0 Å². The molecule has 2 atom stereocenters. The summed E-state index contributed by atoms with van der Waals surface area (Å²) in [6.45, 7) is 8.35. The number of phenolic OH excluding ortho intramolecular Hbond substituents is 1. The second-order valence-corrected chi connectivity index (χ2v) is 6.65. The molecule has 0 aliphatic carbocycles. The zero-order valence-corrected chi connectivity index (χ0v) is 15.6. The Morgan fingerprint density at radius 3 is 1.96 bits per heavy atom. The fourth-order valence-electron chi connectivity index (χ4n) is 3.05. The van der Waals surface area contributed by atoms with E-state index < -0.39 is 0 Å². The molecule has 2 aromatic rings. The van der Waals surface area contributed by atoms with Crippen LogP contribution in [0.5, 0.6) is 17.2 Å². The van der Waals surface area contributed by atoms with Gasteiger partial charge in [-0.2, -0.15) is 0 Å². The molecule has 3 nitrogen and oxygen atoms in total. The topological polar surface area (TPSA) is 38.7 Å². The largest absolute Gasteiger partial charge is 0.504 e. The van der Waals surface area contributed by atoms with Gasteiger partial charge in [-0.05, 0) is 54.0 Å². The molecule has 2 unspecified atom stereocenters. The first kappa shape index (κ1) is 18.9. The number of aromatic hydroxyl groups is 1. The van der Waals surface area contributed by atoms with Crippen LogP contribution in [-0.2, 0) is 12.8 Å². The quantitative estimate of drug-likeness (QED) is 0.726. The van der Waals surface area contributed by atoms with Crippen molar-refractivity contribution in [1.29, 1.82) is 0 Å². The van der Waals surface area contributed by atoms with Crippen molar-refractivity contribution < 1.29 is 14.6 Å². The minimum atomic E-state index is 0.182. The Bertz CT molecular complexity index is 721. The smallest absolute Gasteiger partial charge is 0.160 e. The molecule has 0 radical (unpaired) electrons. The van der Waals surface area contributed by atoms with E-state index in [0.29, 0.717) is 17.6 Å². The molecule has 0 fully saturated rings. The maximum absolute atomic E-state index is 9.72. The van der Waals surface area contributed by atoms with E-state index >= 15 is 0 Å². The Morgan fingerprint density at radius 2 is 1.44 bits per heavy atom. The van der Waals surface area contributed by atoms with Crippen LogP contribution in [0.4, 0.5) is 0 Å². The molecule has 3 heteroatoms. The van der Waals surface area contributed by atoms with Crippen LogP contribution in [0.15, 0.2) is 43.0 Å². The molecule has 0 spiro atoms. The third kappa shape index (κ3) is 4.79. The van der Waals surface area contributed by atoms with E-state index in [1.165, 1.54) is 11.1 Å². The van der Waals surface area contributed by atoms with Crippen LogP contribution in [0, 0.1) is 11.8 Å². The van der Waals surface area contributed by atoms with E-state index in [1.807, 2.05) is 18.2 Å². The number of hydrogen-bond acceptors (Lipinski definition) is 3. The van der Waals surface area contributed by atoms with E-state index in [-0.39, 0.29) is 5.75 Å². The van der Waals surface area contributed by atoms with Crippen molar-refractivity contribution in [1.82, 2.24) is 0 Å². The van der Waals surface area contributed by atoms with Gasteiger partial charge in [0.2, 0.25) is 0 Å². The Labute approximate surface area is 150 Å². The number of benzene rings is 2. The summed E-state index contributed by atoms with van der Waals surface area (Å²) in [5.41, 5.74) is 3.46. The van der Waals surface area contributed by atoms with Gasteiger partial charge in [-0.25, -0.2) is 0 Å². The highest BCUT2D eigenvalue weighted by Gasteiger charge is 2.15. The predicted octanol–water partition coefficient (Wildman–Crippen LogP) is 5.11. The third-order valence-corrected chi connectivity index (χ3v) is 4.85. The molecule has 2 rings (SSSR count). The van der Waals surface area contributed by atoms with Gasteiger partial charge in [0.25, 0.3) is 0 Å². The SMILES string of the molecule is C=Cc1ccc(CC(C)C(C)Cc2ccc(O)c(OC)c2)cc1OC. The minimum Gasteiger partial charge on any atom is -0.504 e. The summed E-state index contributed by atoms with van der Waals surface area (Å²) >= 11 is 0. The molecule has 0 saturated carbocycles. The minimum absolute atomic E-state index is 0.182. The number of ether oxygens (including phenoxy) is 2. The molecule has 0 saturated heterocycles. The second-order valence-electron chi connectivity index (χ2n) is 6.65. The first-order valence-corrected chi connectivity index (χ1v) is 8.63. The number of methoxy groups -OCH3 is 2. The summed E-state index contributed by atoms with van der Waals surface area (Å²) in [6.07, 6.45) is 3.75. The molecule has 0 amide bonds. The molecule has 1 N–H and O–H groups in total. The molecule has 0 aliphatic rings. The van der Waals surface area contributed by atoms with Gasteiger partial charge in [-0.1, -0.05) is 44.7 Å². The van der Waals surface area contributed by atoms with Crippen molar-refractivity contribution in [2.24, 2.45) is 11.8 Å². The first-order valence-electron chi connectivity index (χ1n) is 8.63. The van der Waals surface area contributed by atoms with E-state index in [4.69, 9.17) is 9.47 Å². The highest BCUT2D eigenvalue weighted by atomic mass is 16.5. The first-order chi connectivity index (χ1) is 12.0. The van der Waals surface area contributed by atoms with Gasteiger partial charge >= 0.3 is 0 Å². The van der Waals surface area contributed by atoms with Crippen LogP contribution in [0.2, 0.25) is 0 Å². The monoisotopic (exact) mass is 340 g/mol. The van der Waals surface area contributed by atoms with Crippen molar-refractivity contribution in [3.8, 4) is 17.2 Å². The molecule has 0 aromatic heterocycles. The summed E-state index contributed by atoms with van der Waals surface area (Å²) in [4.78, 5) is 0. The van der Waals surface area contributed by atoms with Crippen LogP contribution in [0.1, 0.15) is 30.5 Å². The van der Waals surface area contributed by atoms with Crippen LogP contribution in [-0.4, -0.2) is 19.3 Å². The van der Waals surface area contributed by atoms with Gasteiger partial charge in [0, 0.05) is 5.56 Å². The molecular formula is C22H28O3. The van der Waals surface area contributed by atoms with E-state index in [0.717, 1.165) is 24.2 Å². The summed E-state index contributed by atoms with van der Waals surface area (Å²) in [6, 6.07) is 11.9. The Hall–Kier alpha value is -2.42. The lowest BCUT2D eigenvalue weighted by Crippen LogP contribution is -2.14. The normalized spacial score (nSPS) is 13.1. The summed E-state index contributed by atoms with van der Waals surface area (Å²) < 4.78 is 10.6. The summed E-state index contributed by atoms with van der Waals surface area (Å²) in [5.74, 6) is 2.59. The number of phenols is 1. The van der Waals surface area contributed by atoms with Crippen molar-refractivity contribution in [2.75, 3.05) is 14.2 Å². The summed E-state index contributed by atoms with van der Waals surface area (Å²) in [5, 5.41) is 9.72. The molecule has 0 aliphatic heterocycles. The fourth-order valence-corrected chi connectivity index (χ4v) is 3.05. The zero-order chi connectivity index (χ0) is 18.4. The highest BCUT2D eigenvalue weighted by Crippen LogP contribution is 2.30. The molecule has 134 valence electrons. The Morgan fingerprint density at radius 1 is 0.920 bits per heavy atom.